The number of carbonyl (C=O) groups excluding carboxylic acids is 1. The van der Waals surface area contributed by atoms with Gasteiger partial charge in [0.1, 0.15) is 11.0 Å². The van der Waals surface area contributed by atoms with Crippen molar-refractivity contribution < 1.29 is 9.53 Å². The number of pyridine rings is 1. The Balaban J connectivity index is 1.75. The molecular weight excluding hydrogens is 286 g/mol. The molecule has 1 atom stereocenters. The first kappa shape index (κ1) is 14.2. The molecule has 0 spiro atoms. The predicted molar refractivity (Wildman–Crippen MR) is 80.4 cm³/mol. The summed E-state index contributed by atoms with van der Waals surface area (Å²) in [6.07, 6.45) is 1.67. The monoisotopic (exact) mass is 303 g/mol. The maximum absolute atomic E-state index is 12.5. The number of rotatable bonds is 2. The van der Waals surface area contributed by atoms with Crippen molar-refractivity contribution >= 4 is 17.2 Å². The first-order valence-corrected chi connectivity index (χ1v) is 7.76. The lowest BCUT2D eigenvalue weighted by Gasteiger charge is -2.32. The Morgan fingerprint density at radius 1 is 1.38 bits per heavy atom. The van der Waals surface area contributed by atoms with Crippen LogP contribution in [0, 0.1) is 13.8 Å². The molecule has 0 bridgehead atoms. The molecule has 0 aromatic carbocycles. The van der Waals surface area contributed by atoms with E-state index < -0.39 is 0 Å². The number of aryl methyl sites for hydroxylation is 2. The van der Waals surface area contributed by atoms with Gasteiger partial charge in [-0.1, -0.05) is 6.07 Å². The summed E-state index contributed by atoms with van der Waals surface area (Å²) in [5.74, 6) is 0.0374. The average Bonchev–Trinajstić information content (AvgIpc) is 2.93. The second kappa shape index (κ2) is 5.91. The van der Waals surface area contributed by atoms with Crippen LogP contribution < -0.4 is 0 Å². The van der Waals surface area contributed by atoms with E-state index in [1.54, 1.807) is 5.51 Å². The van der Waals surface area contributed by atoms with Gasteiger partial charge in [0.2, 0.25) is 0 Å². The topological polar surface area (TPSA) is 55.3 Å². The van der Waals surface area contributed by atoms with E-state index in [2.05, 4.69) is 9.97 Å². The summed E-state index contributed by atoms with van der Waals surface area (Å²) in [7, 11) is 0. The molecule has 1 fully saturated rings. The molecule has 1 amide bonds. The first-order chi connectivity index (χ1) is 10.1. The molecule has 0 radical (unpaired) electrons. The maximum Gasteiger partial charge on any atom is 0.266 e. The van der Waals surface area contributed by atoms with E-state index in [0.717, 1.165) is 17.0 Å². The van der Waals surface area contributed by atoms with Gasteiger partial charge in [-0.05, 0) is 25.5 Å². The van der Waals surface area contributed by atoms with Crippen molar-refractivity contribution in [1.82, 2.24) is 14.9 Å². The van der Waals surface area contributed by atoms with Gasteiger partial charge in [0.15, 0.2) is 0 Å². The SMILES string of the molecule is Cc1ccc(C2CN(C(=O)c3scnc3C)CCO2)nc1. The van der Waals surface area contributed by atoms with Crippen molar-refractivity contribution in [3.63, 3.8) is 0 Å². The molecule has 1 aliphatic rings. The zero-order chi connectivity index (χ0) is 14.8. The number of thiazole rings is 1. The minimum Gasteiger partial charge on any atom is -0.368 e. The van der Waals surface area contributed by atoms with E-state index in [0.29, 0.717) is 24.6 Å². The highest BCUT2D eigenvalue weighted by Gasteiger charge is 2.28. The Labute approximate surface area is 127 Å². The summed E-state index contributed by atoms with van der Waals surface area (Å²) in [4.78, 5) is 23.6. The minimum atomic E-state index is -0.156. The van der Waals surface area contributed by atoms with E-state index in [-0.39, 0.29) is 12.0 Å². The molecule has 110 valence electrons. The van der Waals surface area contributed by atoms with Gasteiger partial charge in [-0.25, -0.2) is 4.98 Å². The van der Waals surface area contributed by atoms with Gasteiger partial charge in [-0.15, -0.1) is 11.3 Å². The largest absolute Gasteiger partial charge is 0.368 e. The number of hydrogen-bond acceptors (Lipinski definition) is 5. The Morgan fingerprint density at radius 2 is 2.24 bits per heavy atom. The normalized spacial score (nSPS) is 18.8. The number of morpholine rings is 1. The third kappa shape index (κ3) is 2.96. The fourth-order valence-electron chi connectivity index (χ4n) is 2.33. The van der Waals surface area contributed by atoms with Gasteiger partial charge in [0, 0.05) is 12.7 Å². The van der Waals surface area contributed by atoms with E-state index in [4.69, 9.17) is 4.74 Å². The summed E-state index contributed by atoms with van der Waals surface area (Å²) in [6, 6.07) is 3.98. The standard InChI is InChI=1S/C15H17N3O2S/c1-10-3-4-12(16-7-10)13-8-18(5-6-20-13)15(19)14-11(2)17-9-21-14/h3-4,7,9,13H,5-6,8H2,1-2H3. The molecule has 3 rings (SSSR count). The van der Waals surface area contributed by atoms with Crippen LogP contribution in [0.4, 0.5) is 0 Å². The quantitative estimate of drug-likeness (QED) is 0.854. The molecule has 6 heteroatoms. The fourth-order valence-corrected chi connectivity index (χ4v) is 3.10. The average molecular weight is 303 g/mol. The fraction of sp³-hybridized carbons (Fsp3) is 0.400. The second-order valence-electron chi connectivity index (χ2n) is 5.14. The van der Waals surface area contributed by atoms with Crippen molar-refractivity contribution in [2.24, 2.45) is 0 Å². The highest BCUT2D eigenvalue weighted by molar-refractivity contribution is 7.11. The molecular formula is C15H17N3O2S. The summed E-state index contributed by atoms with van der Waals surface area (Å²) >= 11 is 1.39. The van der Waals surface area contributed by atoms with Gasteiger partial charge in [-0.2, -0.15) is 0 Å². The third-order valence-corrected chi connectivity index (χ3v) is 4.47. The smallest absolute Gasteiger partial charge is 0.266 e. The van der Waals surface area contributed by atoms with Crippen LogP contribution in [0.2, 0.25) is 0 Å². The minimum absolute atomic E-state index is 0.0374. The zero-order valence-electron chi connectivity index (χ0n) is 12.1. The molecule has 5 nitrogen and oxygen atoms in total. The van der Waals surface area contributed by atoms with Crippen LogP contribution >= 0.6 is 11.3 Å². The maximum atomic E-state index is 12.5. The van der Waals surface area contributed by atoms with Gasteiger partial charge in [0.05, 0.1) is 30.1 Å². The highest BCUT2D eigenvalue weighted by atomic mass is 32.1. The van der Waals surface area contributed by atoms with E-state index in [1.807, 2.05) is 37.1 Å². The van der Waals surface area contributed by atoms with E-state index in [9.17, 15) is 4.79 Å². The first-order valence-electron chi connectivity index (χ1n) is 6.88. The molecule has 3 heterocycles. The predicted octanol–water partition coefficient (Wildman–Crippen LogP) is 2.37. The lowest BCUT2D eigenvalue weighted by Crippen LogP contribution is -2.42. The van der Waals surface area contributed by atoms with E-state index in [1.165, 1.54) is 11.3 Å². The summed E-state index contributed by atoms with van der Waals surface area (Å²) in [5, 5.41) is 0. The van der Waals surface area contributed by atoms with Crippen LogP contribution in [-0.4, -0.2) is 40.5 Å². The van der Waals surface area contributed by atoms with Crippen molar-refractivity contribution in [3.8, 4) is 0 Å². The number of aromatic nitrogens is 2. The molecule has 21 heavy (non-hydrogen) atoms. The lowest BCUT2D eigenvalue weighted by molar-refractivity contribution is -0.0246. The highest BCUT2D eigenvalue weighted by Crippen LogP contribution is 2.23. The van der Waals surface area contributed by atoms with Crippen LogP contribution in [0.1, 0.15) is 32.7 Å². The zero-order valence-corrected chi connectivity index (χ0v) is 12.9. The van der Waals surface area contributed by atoms with E-state index >= 15 is 0 Å². The summed E-state index contributed by atoms with van der Waals surface area (Å²) < 4.78 is 5.76. The van der Waals surface area contributed by atoms with Crippen molar-refractivity contribution in [2.75, 3.05) is 19.7 Å². The summed E-state index contributed by atoms with van der Waals surface area (Å²) in [6.45, 7) is 5.54. The molecule has 1 unspecified atom stereocenters. The Hall–Kier alpha value is -1.79. The molecule has 0 saturated carbocycles. The van der Waals surface area contributed by atoms with Gasteiger partial charge in [0.25, 0.3) is 5.91 Å². The molecule has 2 aromatic rings. The van der Waals surface area contributed by atoms with Gasteiger partial charge >= 0.3 is 0 Å². The van der Waals surface area contributed by atoms with Crippen LogP contribution in [0.25, 0.3) is 0 Å². The van der Waals surface area contributed by atoms with Crippen LogP contribution in [-0.2, 0) is 4.74 Å². The summed E-state index contributed by atoms with van der Waals surface area (Å²) in [5.41, 5.74) is 4.49. The number of amides is 1. The number of carbonyl (C=O) groups is 1. The van der Waals surface area contributed by atoms with Crippen molar-refractivity contribution in [3.05, 3.63) is 45.7 Å². The molecule has 0 N–H and O–H groups in total. The van der Waals surface area contributed by atoms with Gasteiger partial charge < -0.3 is 9.64 Å². The second-order valence-corrected chi connectivity index (χ2v) is 5.99. The molecule has 1 saturated heterocycles. The molecule has 2 aromatic heterocycles. The van der Waals surface area contributed by atoms with Crippen molar-refractivity contribution in [2.45, 2.75) is 20.0 Å². The van der Waals surface area contributed by atoms with Crippen LogP contribution in [0.3, 0.4) is 0 Å². The number of hydrogen-bond donors (Lipinski definition) is 0. The van der Waals surface area contributed by atoms with Crippen molar-refractivity contribution in [1.29, 1.82) is 0 Å². The molecule has 0 aliphatic carbocycles. The third-order valence-electron chi connectivity index (χ3n) is 3.56. The Kier molecular flexibility index (Phi) is 3.98. The number of nitrogens with zero attached hydrogens (tertiary/aromatic N) is 3. The van der Waals surface area contributed by atoms with Crippen LogP contribution in [0.5, 0.6) is 0 Å². The van der Waals surface area contributed by atoms with Gasteiger partial charge in [-0.3, -0.25) is 9.78 Å². The Bertz CT molecular complexity index is 639. The lowest BCUT2D eigenvalue weighted by atomic mass is 10.1. The number of ether oxygens (including phenoxy) is 1. The Morgan fingerprint density at radius 3 is 2.90 bits per heavy atom. The molecule has 1 aliphatic heterocycles. The van der Waals surface area contributed by atoms with Crippen LogP contribution in [0.15, 0.2) is 23.8 Å².